The second-order valence-corrected chi connectivity index (χ2v) is 8.01. The van der Waals surface area contributed by atoms with Crippen LogP contribution in [0.1, 0.15) is 29.9 Å². The summed E-state index contributed by atoms with van der Waals surface area (Å²) in [7, 11) is 1.70. The Morgan fingerprint density at radius 3 is 2.74 bits per heavy atom. The van der Waals surface area contributed by atoms with Crippen molar-refractivity contribution in [3.05, 3.63) is 77.6 Å². The van der Waals surface area contributed by atoms with Crippen molar-refractivity contribution in [2.45, 2.75) is 31.5 Å². The summed E-state index contributed by atoms with van der Waals surface area (Å²) in [5.74, 6) is 0.951. The highest BCUT2D eigenvalue weighted by atomic mass is 19.1. The second-order valence-electron chi connectivity index (χ2n) is 8.01. The number of ether oxygens (including phenoxy) is 3. The zero-order chi connectivity index (χ0) is 21.5. The topological polar surface area (TPSA) is 39.7 Å². The van der Waals surface area contributed by atoms with Crippen LogP contribution in [-0.4, -0.2) is 39.5 Å². The molecule has 3 aromatic carbocycles. The highest BCUT2D eigenvalue weighted by Crippen LogP contribution is 2.30. The summed E-state index contributed by atoms with van der Waals surface area (Å²) in [5, 5.41) is 5.67. The zero-order valence-electron chi connectivity index (χ0n) is 18.0. The number of halogens is 1. The van der Waals surface area contributed by atoms with E-state index in [0.29, 0.717) is 19.8 Å². The summed E-state index contributed by atoms with van der Waals surface area (Å²) in [6.45, 7) is 3.58. The van der Waals surface area contributed by atoms with Gasteiger partial charge in [0.1, 0.15) is 11.6 Å². The molecule has 3 aromatic rings. The zero-order valence-corrected chi connectivity index (χ0v) is 18.0. The van der Waals surface area contributed by atoms with E-state index in [4.69, 9.17) is 14.2 Å². The summed E-state index contributed by atoms with van der Waals surface area (Å²) in [6, 6.07) is 19.3. The van der Waals surface area contributed by atoms with Gasteiger partial charge in [0, 0.05) is 38.0 Å². The van der Waals surface area contributed by atoms with E-state index in [-0.39, 0.29) is 17.8 Å². The molecule has 2 unspecified atom stereocenters. The van der Waals surface area contributed by atoms with Crippen LogP contribution in [0.4, 0.5) is 4.39 Å². The van der Waals surface area contributed by atoms with Gasteiger partial charge in [-0.3, -0.25) is 0 Å². The van der Waals surface area contributed by atoms with E-state index in [9.17, 15) is 4.39 Å². The van der Waals surface area contributed by atoms with E-state index in [2.05, 4.69) is 29.6 Å². The van der Waals surface area contributed by atoms with E-state index in [1.165, 1.54) is 12.1 Å². The number of rotatable bonds is 9. The molecule has 4 rings (SSSR count). The third-order valence-electron chi connectivity index (χ3n) is 5.85. The van der Waals surface area contributed by atoms with E-state index in [0.717, 1.165) is 53.6 Å². The van der Waals surface area contributed by atoms with Gasteiger partial charge >= 0.3 is 0 Å². The van der Waals surface area contributed by atoms with Gasteiger partial charge < -0.3 is 19.5 Å². The molecule has 0 bridgehead atoms. The fourth-order valence-electron chi connectivity index (χ4n) is 4.19. The Hall–Kier alpha value is -2.47. The first kappa shape index (κ1) is 21.8. The molecule has 1 saturated heterocycles. The monoisotopic (exact) mass is 423 g/mol. The lowest BCUT2D eigenvalue weighted by molar-refractivity contribution is 0.0106. The summed E-state index contributed by atoms with van der Waals surface area (Å²) in [6.07, 6.45) is 1.89. The maximum Gasteiger partial charge on any atom is 0.127 e. The molecule has 1 N–H and O–H groups in total. The summed E-state index contributed by atoms with van der Waals surface area (Å²) in [4.78, 5) is 0. The molecule has 5 heteroatoms. The van der Waals surface area contributed by atoms with Crippen molar-refractivity contribution in [2.75, 3.05) is 33.4 Å². The van der Waals surface area contributed by atoms with Gasteiger partial charge in [-0.2, -0.15) is 0 Å². The minimum absolute atomic E-state index is 0.0513. The molecule has 0 aromatic heterocycles. The van der Waals surface area contributed by atoms with Gasteiger partial charge in [-0.15, -0.1) is 0 Å². The van der Waals surface area contributed by atoms with Gasteiger partial charge in [-0.1, -0.05) is 36.4 Å². The van der Waals surface area contributed by atoms with Crippen LogP contribution >= 0.6 is 0 Å². The molecular weight excluding hydrogens is 393 g/mol. The van der Waals surface area contributed by atoms with Crippen molar-refractivity contribution in [1.29, 1.82) is 0 Å². The number of methoxy groups -OCH3 is 1. The lowest BCUT2D eigenvalue weighted by atomic mass is 9.88. The highest BCUT2D eigenvalue weighted by molar-refractivity contribution is 5.88. The predicted octanol–water partition coefficient (Wildman–Crippen LogP) is 5.06. The van der Waals surface area contributed by atoms with Crippen LogP contribution in [0.2, 0.25) is 0 Å². The van der Waals surface area contributed by atoms with Gasteiger partial charge in [-0.05, 0) is 53.7 Å². The lowest BCUT2D eigenvalue weighted by Gasteiger charge is -2.32. The average Bonchev–Trinajstić information content (AvgIpc) is 2.81. The van der Waals surface area contributed by atoms with Crippen molar-refractivity contribution in [3.63, 3.8) is 0 Å². The number of benzene rings is 3. The molecule has 2 atom stereocenters. The molecule has 0 aliphatic carbocycles. The molecule has 164 valence electrons. The molecule has 31 heavy (non-hydrogen) atoms. The molecule has 0 amide bonds. The second kappa shape index (κ2) is 10.7. The van der Waals surface area contributed by atoms with Gasteiger partial charge in [0.15, 0.2) is 0 Å². The molecule has 0 radical (unpaired) electrons. The quantitative estimate of drug-likeness (QED) is 0.489. The van der Waals surface area contributed by atoms with E-state index in [1.54, 1.807) is 7.11 Å². The minimum atomic E-state index is -0.202. The maximum atomic E-state index is 13.3. The van der Waals surface area contributed by atoms with Gasteiger partial charge in [0.05, 0.1) is 19.3 Å². The van der Waals surface area contributed by atoms with E-state index >= 15 is 0 Å². The summed E-state index contributed by atoms with van der Waals surface area (Å²) >= 11 is 0. The normalized spacial score (nSPS) is 18.9. The highest BCUT2D eigenvalue weighted by Gasteiger charge is 2.27. The van der Waals surface area contributed by atoms with Crippen LogP contribution in [0.15, 0.2) is 60.7 Å². The molecule has 1 fully saturated rings. The Labute approximate surface area is 183 Å². The van der Waals surface area contributed by atoms with Crippen LogP contribution in [0, 0.1) is 5.82 Å². The van der Waals surface area contributed by atoms with Crippen molar-refractivity contribution in [3.8, 4) is 5.75 Å². The summed E-state index contributed by atoms with van der Waals surface area (Å²) in [5.41, 5.74) is 2.25. The largest absolute Gasteiger partial charge is 0.493 e. The number of nitrogens with one attached hydrogen (secondary N) is 1. The first-order valence-electron chi connectivity index (χ1n) is 11.0. The third-order valence-corrected chi connectivity index (χ3v) is 5.85. The lowest BCUT2D eigenvalue weighted by Crippen LogP contribution is -2.40. The van der Waals surface area contributed by atoms with Crippen molar-refractivity contribution < 1.29 is 18.6 Å². The average molecular weight is 424 g/mol. The van der Waals surface area contributed by atoms with Crippen LogP contribution in [0.5, 0.6) is 5.75 Å². The molecule has 0 spiro atoms. The van der Waals surface area contributed by atoms with Gasteiger partial charge in [0.2, 0.25) is 0 Å². The van der Waals surface area contributed by atoms with Crippen LogP contribution in [-0.2, 0) is 16.1 Å². The fraction of sp³-hybridized carbons (Fsp3) is 0.385. The standard InChI is InChI=1S/C26H30FNO3/c1-29-14-3-15-30-25-5-2-4-20-7-6-19(16-24(20)25)18-31-26-17-28-13-12-23(26)21-8-10-22(27)11-9-21/h2,4-11,16,23,26,28H,3,12-15,17-18H2,1H3. The third kappa shape index (κ3) is 5.62. The number of fused-ring (bicyclic) bond motifs is 1. The Balaban J connectivity index is 1.45. The summed E-state index contributed by atoms with van der Waals surface area (Å²) < 4.78 is 30.8. The van der Waals surface area contributed by atoms with Crippen molar-refractivity contribution >= 4 is 10.8 Å². The Bertz CT molecular complexity index is 976. The predicted molar refractivity (Wildman–Crippen MR) is 121 cm³/mol. The van der Waals surface area contributed by atoms with Crippen LogP contribution in [0.3, 0.4) is 0 Å². The molecule has 4 nitrogen and oxygen atoms in total. The number of hydrogen-bond acceptors (Lipinski definition) is 4. The smallest absolute Gasteiger partial charge is 0.127 e. The first-order chi connectivity index (χ1) is 15.2. The van der Waals surface area contributed by atoms with Gasteiger partial charge in [-0.25, -0.2) is 4.39 Å². The Morgan fingerprint density at radius 2 is 1.90 bits per heavy atom. The van der Waals surface area contributed by atoms with Gasteiger partial charge in [0.25, 0.3) is 0 Å². The number of piperidine rings is 1. The minimum Gasteiger partial charge on any atom is -0.493 e. The number of hydrogen-bond donors (Lipinski definition) is 1. The van der Waals surface area contributed by atoms with Crippen molar-refractivity contribution in [2.24, 2.45) is 0 Å². The SMILES string of the molecule is COCCCOc1cccc2ccc(COC3CNCCC3c3ccc(F)cc3)cc12. The Kier molecular flexibility index (Phi) is 7.52. The first-order valence-corrected chi connectivity index (χ1v) is 11.0. The van der Waals surface area contributed by atoms with Crippen molar-refractivity contribution in [1.82, 2.24) is 5.32 Å². The van der Waals surface area contributed by atoms with Crippen LogP contribution < -0.4 is 10.1 Å². The van der Waals surface area contributed by atoms with E-state index in [1.807, 2.05) is 24.3 Å². The van der Waals surface area contributed by atoms with Crippen LogP contribution in [0.25, 0.3) is 10.8 Å². The molecule has 0 saturated carbocycles. The fourth-order valence-corrected chi connectivity index (χ4v) is 4.19. The molecule has 1 heterocycles. The molecular formula is C26H30FNO3. The Morgan fingerprint density at radius 1 is 1.03 bits per heavy atom. The van der Waals surface area contributed by atoms with E-state index < -0.39 is 0 Å². The molecule has 1 aliphatic rings. The maximum absolute atomic E-state index is 13.3. The molecule has 1 aliphatic heterocycles.